The first-order chi connectivity index (χ1) is 14.6. The van der Waals surface area contributed by atoms with Crippen molar-refractivity contribution in [2.24, 2.45) is 5.92 Å². The predicted molar refractivity (Wildman–Crippen MR) is 109 cm³/mol. The molecule has 1 saturated carbocycles. The number of benzene rings is 1. The number of rotatable bonds is 6. The molecule has 1 aromatic heterocycles. The fraction of sp³-hybridized carbons (Fsp3) is 0.545. The number of amides is 2. The molecule has 0 bridgehead atoms. The largest absolute Gasteiger partial charge is 0.485 e. The van der Waals surface area contributed by atoms with Crippen LogP contribution in [0.1, 0.15) is 54.2 Å². The van der Waals surface area contributed by atoms with Gasteiger partial charge in [0, 0.05) is 45.1 Å². The zero-order valence-electron chi connectivity index (χ0n) is 17.4. The summed E-state index contributed by atoms with van der Waals surface area (Å²) >= 11 is 0. The summed E-state index contributed by atoms with van der Waals surface area (Å²) in [5.41, 5.74) is 0.614. The Morgan fingerprint density at radius 1 is 1.07 bits per heavy atom. The van der Waals surface area contributed by atoms with Crippen molar-refractivity contribution in [2.75, 3.05) is 26.2 Å². The van der Waals surface area contributed by atoms with Gasteiger partial charge in [0.25, 0.3) is 5.91 Å². The van der Waals surface area contributed by atoms with Crippen LogP contribution in [0.5, 0.6) is 5.75 Å². The molecule has 2 amide bonds. The number of aryl methyl sites for hydroxylation is 1. The molecule has 1 saturated heterocycles. The maximum atomic E-state index is 12.8. The van der Waals surface area contributed by atoms with Crippen LogP contribution in [-0.4, -0.2) is 57.9 Å². The highest BCUT2D eigenvalue weighted by atomic mass is 16.5. The van der Waals surface area contributed by atoms with Crippen LogP contribution in [0.2, 0.25) is 0 Å². The van der Waals surface area contributed by atoms with Crippen LogP contribution in [0.25, 0.3) is 0 Å². The Labute approximate surface area is 176 Å². The van der Waals surface area contributed by atoms with Crippen LogP contribution in [0, 0.1) is 12.8 Å². The molecule has 0 radical (unpaired) electrons. The van der Waals surface area contributed by atoms with Gasteiger partial charge in [-0.15, -0.1) is 0 Å². The Kier molecular flexibility index (Phi) is 6.30. The SMILES string of the molecule is Cc1nc(COc2ccc(C(=O)N3CCN(C(=O)CC4CCCC4)CC3)cc2)no1. The molecule has 8 heteroatoms. The van der Waals surface area contributed by atoms with E-state index in [0.717, 1.165) is 0 Å². The van der Waals surface area contributed by atoms with Gasteiger partial charge in [0.2, 0.25) is 17.6 Å². The van der Waals surface area contributed by atoms with Crippen molar-refractivity contribution in [3.63, 3.8) is 0 Å². The van der Waals surface area contributed by atoms with E-state index in [4.69, 9.17) is 9.26 Å². The molecule has 1 aromatic carbocycles. The second kappa shape index (κ2) is 9.28. The van der Waals surface area contributed by atoms with Gasteiger partial charge >= 0.3 is 0 Å². The van der Waals surface area contributed by atoms with E-state index in [1.54, 1.807) is 31.2 Å². The molecule has 30 heavy (non-hydrogen) atoms. The molecule has 2 aliphatic rings. The van der Waals surface area contributed by atoms with E-state index in [0.29, 0.717) is 61.5 Å². The number of aromatic nitrogens is 2. The zero-order chi connectivity index (χ0) is 20.9. The summed E-state index contributed by atoms with van der Waals surface area (Å²) in [5, 5.41) is 3.78. The van der Waals surface area contributed by atoms with Crippen LogP contribution < -0.4 is 4.74 Å². The Morgan fingerprint density at radius 2 is 1.73 bits per heavy atom. The summed E-state index contributed by atoms with van der Waals surface area (Å²) in [5.74, 6) is 2.40. The molecule has 8 nitrogen and oxygen atoms in total. The van der Waals surface area contributed by atoms with Gasteiger partial charge in [0.05, 0.1) is 0 Å². The maximum absolute atomic E-state index is 12.8. The Morgan fingerprint density at radius 3 is 2.37 bits per heavy atom. The van der Waals surface area contributed by atoms with Gasteiger partial charge in [-0.3, -0.25) is 9.59 Å². The van der Waals surface area contributed by atoms with Gasteiger partial charge in [-0.2, -0.15) is 4.98 Å². The molecule has 2 fully saturated rings. The maximum Gasteiger partial charge on any atom is 0.253 e. The summed E-state index contributed by atoms with van der Waals surface area (Å²) in [7, 11) is 0. The lowest BCUT2D eigenvalue weighted by Crippen LogP contribution is -2.50. The van der Waals surface area contributed by atoms with E-state index in [1.807, 2.05) is 9.80 Å². The summed E-state index contributed by atoms with van der Waals surface area (Å²) < 4.78 is 10.5. The van der Waals surface area contributed by atoms with Gasteiger partial charge in [0.15, 0.2) is 6.61 Å². The zero-order valence-corrected chi connectivity index (χ0v) is 17.4. The normalized spacial score (nSPS) is 17.4. The van der Waals surface area contributed by atoms with Crippen LogP contribution in [-0.2, 0) is 11.4 Å². The van der Waals surface area contributed by atoms with Crippen molar-refractivity contribution in [1.82, 2.24) is 19.9 Å². The first-order valence-electron chi connectivity index (χ1n) is 10.7. The van der Waals surface area contributed by atoms with Crippen molar-refractivity contribution in [2.45, 2.75) is 45.6 Å². The summed E-state index contributed by atoms with van der Waals surface area (Å²) in [6.07, 6.45) is 5.53. The van der Waals surface area contributed by atoms with E-state index >= 15 is 0 Å². The van der Waals surface area contributed by atoms with E-state index < -0.39 is 0 Å². The minimum absolute atomic E-state index is 0.0155. The molecule has 1 aliphatic carbocycles. The standard InChI is InChI=1S/C22H28N4O4/c1-16-23-20(24-30-16)15-29-19-8-6-18(7-9-19)22(28)26-12-10-25(11-13-26)21(27)14-17-4-2-3-5-17/h6-9,17H,2-5,10-15H2,1H3. The van der Waals surface area contributed by atoms with Crippen LogP contribution in [0.15, 0.2) is 28.8 Å². The third-order valence-electron chi connectivity index (χ3n) is 5.90. The average Bonchev–Trinajstić information content (AvgIpc) is 3.44. The number of carbonyl (C=O) groups is 2. The fourth-order valence-corrected chi connectivity index (χ4v) is 4.17. The highest BCUT2D eigenvalue weighted by Crippen LogP contribution is 2.28. The first-order valence-corrected chi connectivity index (χ1v) is 10.7. The van der Waals surface area contributed by atoms with Crippen LogP contribution in [0.4, 0.5) is 0 Å². The number of ether oxygens (including phenoxy) is 1. The van der Waals surface area contributed by atoms with Gasteiger partial charge in [-0.25, -0.2) is 0 Å². The molecular weight excluding hydrogens is 384 g/mol. The number of piperazine rings is 1. The van der Waals surface area contributed by atoms with Crippen LogP contribution >= 0.6 is 0 Å². The Balaban J connectivity index is 1.24. The van der Waals surface area contributed by atoms with Crippen molar-refractivity contribution in [3.8, 4) is 5.75 Å². The lowest BCUT2D eigenvalue weighted by atomic mass is 10.0. The van der Waals surface area contributed by atoms with Gasteiger partial charge < -0.3 is 19.1 Å². The lowest BCUT2D eigenvalue weighted by molar-refractivity contribution is -0.133. The number of carbonyl (C=O) groups excluding carboxylic acids is 2. The van der Waals surface area contributed by atoms with E-state index in [9.17, 15) is 9.59 Å². The minimum atomic E-state index is -0.0155. The van der Waals surface area contributed by atoms with E-state index in [1.165, 1.54) is 25.7 Å². The molecule has 2 heterocycles. The first kappa shape index (κ1) is 20.4. The predicted octanol–water partition coefficient (Wildman–Crippen LogP) is 2.82. The van der Waals surface area contributed by atoms with Gasteiger partial charge in [-0.1, -0.05) is 18.0 Å². The molecule has 1 aliphatic heterocycles. The van der Waals surface area contributed by atoms with Crippen molar-refractivity contribution in [3.05, 3.63) is 41.5 Å². The summed E-state index contributed by atoms with van der Waals surface area (Å²) in [6, 6.07) is 7.05. The second-order valence-electron chi connectivity index (χ2n) is 8.07. The molecule has 2 aromatic rings. The van der Waals surface area contributed by atoms with Crippen molar-refractivity contribution in [1.29, 1.82) is 0 Å². The third kappa shape index (κ3) is 4.98. The molecule has 0 atom stereocenters. The van der Waals surface area contributed by atoms with Crippen LogP contribution in [0.3, 0.4) is 0 Å². The smallest absolute Gasteiger partial charge is 0.253 e. The third-order valence-corrected chi connectivity index (χ3v) is 5.90. The summed E-state index contributed by atoms with van der Waals surface area (Å²) in [6.45, 7) is 4.31. The summed E-state index contributed by atoms with van der Waals surface area (Å²) in [4.78, 5) is 33.1. The minimum Gasteiger partial charge on any atom is -0.485 e. The van der Waals surface area contributed by atoms with E-state index in [-0.39, 0.29) is 18.4 Å². The average molecular weight is 412 g/mol. The van der Waals surface area contributed by atoms with E-state index in [2.05, 4.69) is 10.1 Å². The molecule has 4 rings (SSSR count). The van der Waals surface area contributed by atoms with Crippen molar-refractivity contribution < 1.29 is 18.8 Å². The highest BCUT2D eigenvalue weighted by Gasteiger charge is 2.27. The van der Waals surface area contributed by atoms with Crippen molar-refractivity contribution >= 4 is 11.8 Å². The Bertz CT molecular complexity index is 866. The number of nitrogens with zero attached hydrogens (tertiary/aromatic N) is 4. The second-order valence-corrected chi connectivity index (χ2v) is 8.07. The molecule has 0 spiro atoms. The molecule has 160 valence electrons. The quantitative estimate of drug-likeness (QED) is 0.725. The molecule has 0 unspecified atom stereocenters. The van der Waals surface area contributed by atoms with Gasteiger partial charge in [-0.05, 0) is 43.0 Å². The highest BCUT2D eigenvalue weighted by molar-refractivity contribution is 5.94. The monoisotopic (exact) mass is 412 g/mol. The molecule has 0 N–H and O–H groups in total. The molecular formula is C22H28N4O4. The lowest BCUT2D eigenvalue weighted by Gasteiger charge is -2.35. The topological polar surface area (TPSA) is 88.8 Å². The number of hydrogen-bond acceptors (Lipinski definition) is 6. The number of hydrogen-bond donors (Lipinski definition) is 0. The van der Waals surface area contributed by atoms with Gasteiger partial charge in [0.1, 0.15) is 5.75 Å². The Hall–Kier alpha value is -2.90. The fourth-order valence-electron chi connectivity index (χ4n) is 4.17.